The molecule has 1 unspecified atom stereocenters. The predicted molar refractivity (Wildman–Crippen MR) is 82.1 cm³/mol. The third-order valence-corrected chi connectivity index (χ3v) is 3.22. The first-order valence-corrected chi connectivity index (χ1v) is 6.83. The van der Waals surface area contributed by atoms with Crippen molar-refractivity contribution in [1.82, 2.24) is 5.32 Å². The lowest BCUT2D eigenvalue weighted by Crippen LogP contribution is -2.24. The average molecular weight is 251 g/mol. The zero-order chi connectivity index (χ0) is 13.3. The molecule has 0 heterocycles. The van der Waals surface area contributed by atoms with Crippen molar-refractivity contribution in [2.24, 2.45) is 0 Å². The van der Waals surface area contributed by atoms with Gasteiger partial charge in [0.1, 0.15) is 0 Å². The van der Waals surface area contributed by atoms with Crippen LogP contribution in [-0.2, 0) is 6.42 Å². The summed E-state index contributed by atoms with van der Waals surface area (Å²) in [6, 6.07) is 21.6. The van der Waals surface area contributed by atoms with Crippen molar-refractivity contribution in [3.8, 4) is 0 Å². The molecule has 0 fully saturated rings. The number of hydrogen-bond donors (Lipinski definition) is 1. The molecule has 98 valence electrons. The Kier molecular flexibility index (Phi) is 5.39. The Morgan fingerprint density at radius 1 is 0.947 bits per heavy atom. The standard InChI is InChI=1S/C18H21N/c1-2-3-14-19-18(17-12-8-5-9-13-17)15-16-10-6-4-7-11-16/h2,4-13,18-19H,1,3,14-15H2. The van der Waals surface area contributed by atoms with Crippen LogP contribution in [0.1, 0.15) is 23.6 Å². The van der Waals surface area contributed by atoms with Gasteiger partial charge in [-0.15, -0.1) is 6.58 Å². The summed E-state index contributed by atoms with van der Waals surface area (Å²) in [5.41, 5.74) is 2.71. The summed E-state index contributed by atoms with van der Waals surface area (Å²) >= 11 is 0. The first-order valence-electron chi connectivity index (χ1n) is 6.83. The molecule has 19 heavy (non-hydrogen) atoms. The van der Waals surface area contributed by atoms with Crippen LogP contribution in [0.2, 0.25) is 0 Å². The Bertz CT molecular complexity index is 476. The van der Waals surface area contributed by atoms with E-state index in [0.717, 1.165) is 19.4 Å². The molecule has 1 atom stereocenters. The molecule has 1 nitrogen and oxygen atoms in total. The molecule has 1 heteroatoms. The molecule has 0 aliphatic rings. The van der Waals surface area contributed by atoms with Gasteiger partial charge in [0.15, 0.2) is 0 Å². The maximum absolute atomic E-state index is 3.77. The minimum Gasteiger partial charge on any atom is -0.309 e. The van der Waals surface area contributed by atoms with Gasteiger partial charge in [0.05, 0.1) is 0 Å². The van der Waals surface area contributed by atoms with E-state index in [1.165, 1.54) is 11.1 Å². The average Bonchev–Trinajstić information content (AvgIpc) is 2.48. The summed E-state index contributed by atoms with van der Waals surface area (Å²) < 4.78 is 0. The fraction of sp³-hybridized carbons (Fsp3) is 0.222. The second kappa shape index (κ2) is 7.55. The Hall–Kier alpha value is -1.86. The highest BCUT2D eigenvalue weighted by Gasteiger charge is 2.10. The fourth-order valence-electron chi connectivity index (χ4n) is 2.20. The molecule has 0 amide bonds. The zero-order valence-corrected chi connectivity index (χ0v) is 11.3. The van der Waals surface area contributed by atoms with Crippen molar-refractivity contribution < 1.29 is 0 Å². The maximum atomic E-state index is 3.77. The SMILES string of the molecule is C=CCCNC(Cc1ccccc1)c1ccccc1. The summed E-state index contributed by atoms with van der Waals surface area (Å²) in [7, 11) is 0. The Balaban J connectivity index is 2.08. The molecule has 0 bridgehead atoms. The molecule has 2 aromatic carbocycles. The van der Waals surface area contributed by atoms with Gasteiger partial charge in [0.25, 0.3) is 0 Å². The lowest BCUT2D eigenvalue weighted by Gasteiger charge is -2.19. The van der Waals surface area contributed by atoms with Crippen molar-refractivity contribution >= 4 is 0 Å². The fourth-order valence-corrected chi connectivity index (χ4v) is 2.20. The number of rotatable bonds is 7. The smallest absolute Gasteiger partial charge is 0.0360 e. The molecule has 2 rings (SSSR count). The van der Waals surface area contributed by atoms with Gasteiger partial charge < -0.3 is 5.32 Å². The van der Waals surface area contributed by atoms with Crippen molar-refractivity contribution in [3.05, 3.63) is 84.4 Å². The normalized spacial score (nSPS) is 12.0. The lowest BCUT2D eigenvalue weighted by molar-refractivity contribution is 0.537. The van der Waals surface area contributed by atoms with Gasteiger partial charge in [-0.25, -0.2) is 0 Å². The summed E-state index contributed by atoms with van der Waals surface area (Å²) in [4.78, 5) is 0. The van der Waals surface area contributed by atoms with Crippen molar-refractivity contribution in [2.75, 3.05) is 6.54 Å². The molecule has 2 aromatic rings. The predicted octanol–water partition coefficient (Wildman–Crippen LogP) is 4.14. The highest BCUT2D eigenvalue weighted by molar-refractivity contribution is 5.23. The molecule has 0 aromatic heterocycles. The topological polar surface area (TPSA) is 12.0 Å². The number of hydrogen-bond acceptors (Lipinski definition) is 1. The Labute approximate surface area is 116 Å². The van der Waals surface area contributed by atoms with E-state index in [9.17, 15) is 0 Å². The largest absolute Gasteiger partial charge is 0.309 e. The van der Waals surface area contributed by atoms with E-state index < -0.39 is 0 Å². The van der Waals surface area contributed by atoms with E-state index in [0.29, 0.717) is 6.04 Å². The number of benzene rings is 2. The zero-order valence-electron chi connectivity index (χ0n) is 11.3. The van der Waals surface area contributed by atoms with Crippen LogP contribution < -0.4 is 5.32 Å². The maximum Gasteiger partial charge on any atom is 0.0360 e. The van der Waals surface area contributed by atoms with Gasteiger partial charge in [-0.05, 0) is 30.5 Å². The van der Waals surface area contributed by atoms with Gasteiger partial charge in [0.2, 0.25) is 0 Å². The van der Waals surface area contributed by atoms with Gasteiger partial charge in [0, 0.05) is 6.04 Å². The van der Waals surface area contributed by atoms with Gasteiger partial charge >= 0.3 is 0 Å². The molecular weight excluding hydrogens is 230 g/mol. The van der Waals surface area contributed by atoms with E-state index in [-0.39, 0.29) is 0 Å². The third-order valence-electron chi connectivity index (χ3n) is 3.22. The first-order chi connectivity index (χ1) is 9.40. The van der Waals surface area contributed by atoms with Crippen LogP contribution in [0, 0.1) is 0 Å². The number of nitrogens with one attached hydrogen (secondary N) is 1. The van der Waals surface area contributed by atoms with Crippen LogP contribution in [0.4, 0.5) is 0 Å². The van der Waals surface area contributed by atoms with Crippen LogP contribution in [0.25, 0.3) is 0 Å². The minimum atomic E-state index is 0.364. The third kappa shape index (κ3) is 4.38. The molecule has 0 spiro atoms. The van der Waals surface area contributed by atoms with Crippen LogP contribution in [0.15, 0.2) is 73.3 Å². The van der Waals surface area contributed by atoms with E-state index in [2.05, 4.69) is 72.6 Å². The quantitative estimate of drug-likeness (QED) is 0.576. The van der Waals surface area contributed by atoms with E-state index in [4.69, 9.17) is 0 Å². The van der Waals surface area contributed by atoms with Gasteiger partial charge in [-0.1, -0.05) is 66.7 Å². The first kappa shape index (κ1) is 13.6. The van der Waals surface area contributed by atoms with Gasteiger partial charge in [-0.2, -0.15) is 0 Å². The van der Waals surface area contributed by atoms with Crippen molar-refractivity contribution in [1.29, 1.82) is 0 Å². The lowest BCUT2D eigenvalue weighted by atomic mass is 9.99. The van der Waals surface area contributed by atoms with E-state index in [1.807, 2.05) is 6.08 Å². The Morgan fingerprint density at radius 3 is 2.21 bits per heavy atom. The highest BCUT2D eigenvalue weighted by Crippen LogP contribution is 2.18. The van der Waals surface area contributed by atoms with E-state index >= 15 is 0 Å². The second-order valence-electron chi connectivity index (χ2n) is 4.68. The highest BCUT2D eigenvalue weighted by atomic mass is 14.9. The molecule has 1 N–H and O–H groups in total. The summed E-state index contributed by atoms with van der Waals surface area (Å²) in [6.45, 7) is 4.74. The monoisotopic (exact) mass is 251 g/mol. The second-order valence-corrected chi connectivity index (χ2v) is 4.68. The summed E-state index contributed by atoms with van der Waals surface area (Å²) in [6.07, 6.45) is 3.97. The molecule has 0 aliphatic carbocycles. The van der Waals surface area contributed by atoms with Crippen LogP contribution in [0.5, 0.6) is 0 Å². The molecule has 0 radical (unpaired) electrons. The molecule has 0 saturated carbocycles. The van der Waals surface area contributed by atoms with Crippen LogP contribution in [-0.4, -0.2) is 6.54 Å². The van der Waals surface area contributed by atoms with Crippen molar-refractivity contribution in [3.63, 3.8) is 0 Å². The van der Waals surface area contributed by atoms with E-state index in [1.54, 1.807) is 0 Å². The van der Waals surface area contributed by atoms with Crippen LogP contribution >= 0.6 is 0 Å². The molecule has 0 aliphatic heterocycles. The van der Waals surface area contributed by atoms with Crippen molar-refractivity contribution in [2.45, 2.75) is 18.9 Å². The van der Waals surface area contributed by atoms with Gasteiger partial charge in [-0.3, -0.25) is 0 Å². The summed E-state index contributed by atoms with van der Waals surface area (Å²) in [5.74, 6) is 0. The minimum absolute atomic E-state index is 0.364. The molecule has 0 saturated heterocycles. The molecular formula is C18H21N. The van der Waals surface area contributed by atoms with Crippen LogP contribution in [0.3, 0.4) is 0 Å². The Morgan fingerprint density at radius 2 is 1.58 bits per heavy atom. The summed E-state index contributed by atoms with van der Waals surface area (Å²) in [5, 5.41) is 3.61.